The van der Waals surface area contributed by atoms with Crippen molar-refractivity contribution < 1.29 is 13.9 Å². The van der Waals surface area contributed by atoms with Crippen LogP contribution < -0.4 is 11.1 Å². The zero-order chi connectivity index (χ0) is 14.5. The molecule has 0 aliphatic rings. The van der Waals surface area contributed by atoms with Gasteiger partial charge in [0.25, 0.3) is 6.01 Å². The van der Waals surface area contributed by atoms with E-state index in [0.29, 0.717) is 12.3 Å². The average Bonchev–Trinajstić information content (AvgIpc) is 2.87. The third-order valence-corrected chi connectivity index (χ3v) is 2.74. The molecule has 1 unspecified atom stereocenters. The Morgan fingerprint density at radius 3 is 3.05 bits per heavy atom. The Morgan fingerprint density at radius 2 is 2.35 bits per heavy atom. The van der Waals surface area contributed by atoms with Crippen LogP contribution in [0.15, 0.2) is 34.9 Å². The van der Waals surface area contributed by atoms with E-state index in [9.17, 15) is 4.79 Å². The van der Waals surface area contributed by atoms with Gasteiger partial charge >= 0.3 is 5.97 Å². The first kappa shape index (κ1) is 13.9. The summed E-state index contributed by atoms with van der Waals surface area (Å²) in [5.41, 5.74) is 7.58. The maximum atomic E-state index is 11.5. The average molecular weight is 275 g/mol. The normalized spacial score (nSPS) is 11.9. The predicted octanol–water partition coefficient (Wildman–Crippen LogP) is 2.61. The number of benzene rings is 1. The van der Waals surface area contributed by atoms with Gasteiger partial charge < -0.3 is 20.2 Å². The van der Waals surface area contributed by atoms with E-state index in [-0.39, 0.29) is 17.8 Å². The minimum absolute atomic E-state index is 0.0489. The number of aromatic nitrogens is 1. The molecule has 1 aromatic carbocycles. The Kier molecular flexibility index (Phi) is 4.24. The lowest BCUT2D eigenvalue weighted by Gasteiger charge is -2.12. The predicted molar refractivity (Wildman–Crippen MR) is 75.4 cm³/mol. The Morgan fingerprint density at radius 1 is 1.55 bits per heavy atom. The van der Waals surface area contributed by atoms with Crippen LogP contribution >= 0.6 is 0 Å². The molecule has 0 spiro atoms. The van der Waals surface area contributed by atoms with Gasteiger partial charge in [0.05, 0.1) is 12.6 Å². The summed E-state index contributed by atoms with van der Waals surface area (Å²) >= 11 is 0. The number of hydrogen-bond acceptors (Lipinski definition) is 6. The van der Waals surface area contributed by atoms with Crippen molar-refractivity contribution in [1.82, 2.24) is 4.98 Å². The zero-order valence-electron chi connectivity index (χ0n) is 11.4. The van der Waals surface area contributed by atoms with Crippen LogP contribution in [0.2, 0.25) is 0 Å². The molecule has 0 bridgehead atoms. The molecule has 106 valence electrons. The highest BCUT2D eigenvalue weighted by Crippen LogP contribution is 2.20. The summed E-state index contributed by atoms with van der Waals surface area (Å²) in [5.74, 6) is -0.499. The highest BCUT2D eigenvalue weighted by Gasteiger charge is 2.15. The molecule has 0 saturated heterocycles. The number of rotatable bonds is 5. The van der Waals surface area contributed by atoms with E-state index < -0.39 is 5.97 Å². The van der Waals surface area contributed by atoms with Crippen molar-refractivity contribution in [2.45, 2.75) is 19.9 Å². The molecule has 0 saturated carbocycles. The topological polar surface area (TPSA) is 90.4 Å². The van der Waals surface area contributed by atoms with Crippen molar-refractivity contribution in [3.8, 4) is 0 Å². The molecule has 3 N–H and O–H groups in total. The van der Waals surface area contributed by atoms with Crippen LogP contribution in [-0.2, 0) is 4.74 Å². The van der Waals surface area contributed by atoms with Gasteiger partial charge in [-0.15, -0.1) is 0 Å². The second-order valence-electron chi connectivity index (χ2n) is 4.29. The molecule has 1 atom stereocenters. The Bertz CT molecular complexity index is 595. The van der Waals surface area contributed by atoms with Gasteiger partial charge in [-0.25, -0.2) is 4.79 Å². The second kappa shape index (κ2) is 6.10. The number of esters is 1. The molecule has 1 aromatic heterocycles. The number of ether oxygens (including phenoxy) is 1. The summed E-state index contributed by atoms with van der Waals surface area (Å²) in [4.78, 5) is 15.5. The van der Waals surface area contributed by atoms with Gasteiger partial charge in [0.15, 0.2) is 5.69 Å². The molecule has 2 rings (SSSR count). The first-order valence-corrected chi connectivity index (χ1v) is 6.34. The van der Waals surface area contributed by atoms with Crippen LogP contribution in [0.1, 0.15) is 35.9 Å². The number of nitrogens with one attached hydrogen (secondary N) is 1. The summed E-state index contributed by atoms with van der Waals surface area (Å²) in [6.45, 7) is 3.98. The van der Waals surface area contributed by atoms with Gasteiger partial charge in [0.1, 0.15) is 6.26 Å². The second-order valence-corrected chi connectivity index (χ2v) is 4.29. The highest BCUT2D eigenvalue weighted by molar-refractivity contribution is 5.87. The highest BCUT2D eigenvalue weighted by atomic mass is 16.5. The van der Waals surface area contributed by atoms with Crippen molar-refractivity contribution >= 4 is 17.7 Å². The summed E-state index contributed by atoms with van der Waals surface area (Å²) in [5, 5.41) is 3.06. The number of nitrogen functional groups attached to an aromatic ring is 1. The fourth-order valence-corrected chi connectivity index (χ4v) is 1.74. The number of nitrogens with two attached hydrogens (primary N) is 1. The van der Waals surface area contributed by atoms with Gasteiger partial charge in [0.2, 0.25) is 0 Å². The van der Waals surface area contributed by atoms with E-state index in [2.05, 4.69) is 10.3 Å². The van der Waals surface area contributed by atoms with Crippen LogP contribution in [0.4, 0.5) is 11.7 Å². The van der Waals surface area contributed by atoms with Gasteiger partial charge in [-0.05, 0) is 31.5 Å². The molecule has 6 heteroatoms. The summed E-state index contributed by atoms with van der Waals surface area (Å²) in [6.07, 6.45) is 1.27. The molecular weight excluding hydrogens is 258 g/mol. The van der Waals surface area contributed by atoms with Crippen LogP contribution in [0.3, 0.4) is 0 Å². The van der Waals surface area contributed by atoms with Crippen LogP contribution in [-0.4, -0.2) is 17.6 Å². The molecule has 1 heterocycles. The van der Waals surface area contributed by atoms with Gasteiger partial charge in [0, 0.05) is 5.69 Å². The zero-order valence-corrected chi connectivity index (χ0v) is 11.4. The van der Waals surface area contributed by atoms with Crippen molar-refractivity contribution in [2.75, 3.05) is 17.7 Å². The number of oxazole rings is 1. The quantitative estimate of drug-likeness (QED) is 0.644. The molecule has 0 aliphatic heterocycles. The standard InChI is InChI=1S/C14H17N3O3/c1-3-19-13(18)12-8-20-14(17-12)16-9(2)10-5-4-6-11(15)7-10/h4-9H,3,15H2,1-2H3,(H,16,17). The van der Waals surface area contributed by atoms with E-state index in [1.54, 1.807) is 6.92 Å². The Hall–Kier alpha value is -2.50. The number of nitrogens with zero attached hydrogens (tertiary/aromatic N) is 1. The summed E-state index contributed by atoms with van der Waals surface area (Å²) in [7, 11) is 0. The number of anilines is 2. The molecule has 20 heavy (non-hydrogen) atoms. The van der Waals surface area contributed by atoms with E-state index in [1.807, 2.05) is 31.2 Å². The first-order chi connectivity index (χ1) is 9.60. The minimum Gasteiger partial charge on any atom is -0.461 e. The maximum absolute atomic E-state index is 11.5. The molecule has 0 fully saturated rings. The lowest BCUT2D eigenvalue weighted by molar-refractivity contribution is 0.0519. The smallest absolute Gasteiger partial charge is 0.360 e. The van der Waals surface area contributed by atoms with E-state index in [1.165, 1.54) is 6.26 Å². The third-order valence-electron chi connectivity index (χ3n) is 2.74. The monoisotopic (exact) mass is 275 g/mol. The molecular formula is C14H17N3O3. The van der Waals surface area contributed by atoms with Gasteiger partial charge in [-0.2, -0.15) is 4.98 Å². The fraction of sp³-hybridized carbons (Fsp3) is 0.286. The van der Waals surface area contributed by atoms with Crippen LogP contribution in [0, 0.1) is 0 Å². The van der Waals surface area contributed by atoms with E-state index in [0.717, 1.165) is 5.56 Å². The fourth-order valence-electron chi connectivity index (χ4n) is 1.74. The molecule has 0 aliphatic carbocycles. The lowest BCUT2D eigenvalue weighted by atomic mass is 10.1. The van der Waals surface area contributed by atoms with Gasteiger partial charge in [-0.1, -0.05) is 12.1 Å². The van der Waals surface area contributed by atoms with Crippen molar-refractivity contribution in [1.29, 1.82) is 0 Å². The van der Waals surface area contributed by atoms with Crippen LogP contribution in [0.5, 0.6) is 0 Å². The van der Waals surface area contributed by atoms with Crippen LogP contribution in [0.25, 0.3) is 0 Å². The first-order valence-electron chi connectivity index (χ1n) is 6.34. The lowest BCUT2D eigenvalue weighted by Crippen LogP contribution is -2.08. The van der Waals surface area contributed by atoms with Gasteiger partial charge in [-0.3, -0.25) is 0 Å². The summed E-state index contributed by atoms with van der Waals surface area (Å²) < 4.78 is 10.0. The Balaban J connectivity index is 2.05. The third kappa shape index (κ3) is 3.28. The van der Waals surface area contributed by atoms with E-state index >= 15 is 0 Å². The Labute approximate surface area is 116 Å². The molecule has 2 aromatic rings. The van der Waals surface area contributed by atoms with E-state index in [4.69, 9.17) is 14.9 Å². The number of carbonyl (C=O) groups is 1. The largest absolute Gasteiger partial charge is 0.461 e. The SMILES string of the molecule is CCOC(=O)c1coc(NC(C)c2cccc(N)c2)n1. The van der Waals surface area contributed by atoms with Crippen molar-refractivity contribution in [3.63, 3.8) is 0 Å². The maximum Gasteiger partial charge on any atom is 0.360 e. The molecule has 0 amide bonds. The van der Waals surface area contributed by atoms with Crippen molar-refractivity contribution in [3.05, 3.63) is 41.8 Å². The van der Waals surface area contributed by atoms with Crippen molar-refractivity contribution in [2.24, 2.45) is 0 Å². The minimum atomic E-state index is -0.499. The summed E-state index contributed by atoms with van der Waals surface area (Å²) in [6, 6.07) is 7.73. The molecule has 0 radical (unpaired) electrons. The molecule has 6 nitrogen and oxygen atoms in total. The number of hydrogen-bond donors (Lipinski definition) is 2. The number of carbonyl (C=O) groups excluding carboxylic acids is 1.